The summed E-state index contributed by atoms with van der Waals surface area (Å²) in [6.45, 7) is 2.26. The Morgan fingerprint density at radius 1 is 1.12 bits per heavy atom. The molecular weight excluding hydrogens is 426 g/mol. The van der Waals surface area contributed by atoms with Crippen molar-refractivity contribution in [3.63, 3.8) is 0 Å². The zero-order chi connectivity index (χ0) is 22.6. The lowest BCUT2D eigenvalue weighted by atomic mass is 10.1. The van der Waals surface area contributed by atoms with Gasteiger partial charge in [0.1, 0.15) is 0 Å². The molecule has 1 amide bonds. The summed E-state index contributed by atoms with van der Waals surface area (Å²) in [6, 6.07) is 12.4. The monoisotopic (exact) mass is 453 g/mol. The molecule has 0 aliphatic heterocycles. The lowest BCUT2D eigenvalue weighted by Crippen LogP contribution is -2.32. The van der Waals surface area contributed by atoms with Gasteiger partial charge in [-0.05, 0) is 56.0 Å². The van der Waals surface area contributed by atoms with Gasteiger partial charge >= 0.3 is 0 Å². The summed E-state index contributed by atoms with van der Waals surface area (Å²) in [6.07, 6.45) is 7.75. The molecule has 1 aromatic carbocycles. The van der Waals surface area contributed by atoms with Gasteiger partial charge in [0.05, 0.1) is 22.3 Å². The van der Waals surface area contributed by atoms with E-state index in [1.807, 2.05) is 25.1 Å². The summed E-state index contributed by atoms with van der Waals surface area (Å²) in [7, 11) is -3.49. The van der Waals surface area contributed by atoms with Crippen molar-refractivity contribution in [3.8, 4) is 5.82 Å². The third-order valence-corrected chi connectivity index (χ3v) is 7.27. The van der Waals surface area contributed by atoms with Crippen LogP contribution < -0.4 is 10.0 Å². The number of rotatable bonds is 8. The molecule has 3 aromatic rings. The molecule has 8 nitrogen and oxygen atoms in total. The maximum absolute atomic E-state index is 12.6. The zero-order valence-electron chi connectivity index (χ0n) is 18.0. The number of hydrogen-bond acceptors (Lipinski definition) is 5. The first kappa shape index (κ1) is 22.2. The Hall–Kier alpha value is -3.04. The van der Waals surface area contributed by atoms with Gasteiger partial charge in [-0.1, -0.05) is 31.0 Å². The van der Waals surface area contributed by atoms with Crippen LogP contribution in [0.3, 0.4) is 0 Å². The minimum atomic E-state index is -3.49. The van der Waals surface area contributed by atoms with Gasteiger partial charge in [0.15, 0.2) is 5.82 Å². The SMILES string of the molecule is Cc1c(C(=O)NCCc2ccc(S(=O)(=O)NC3CCCC3)cc2)cnn1-c1ccccn1. The van der Waals surface area contributed by atoms with Gasteiger partial charge in [-0.15, -0.1) is 0 Å². The number of pyridine rings is 1. The zero-order valence-corrected chi connectivity index (χ0v) is 18.8. The van der Waals surface area contributed by atoms with E-state index in [9.17, 15) is 13.2 Å². The summed E-state index contributed by atoms with van der Waals surface area (Å²) < 4.78 is 29.5. The van der Waals surface area contributed by atoms with Gasteiger partial charge in [-0.3, -0.25) is 4.79 Å². The molecule has 1 saturated carbocycles. The molecule has 4 rings (SSSR count). The molecule has 0 radical (unpaired) electrons. The van der Waals surface area contributed by atoms with Crippen LogP contribution in [0.1, 0.15) is 47.3 Å². The van der Waals surface area contributed by atoms with Crippen molar-refractivity contribution in [1.29, 1.82) is 0 Å². The van der Waals surface area contributed by atoms with E-state index in [-0.39, 0.29) is 16.8 Å². The molecule has 2 heterocycles. The predicted molar refractivity (Wildman–Crippen MR) is 121 cm³/mol. The highest BCUT2D eigenvalue weighted by molar-refractivity contribution is 7.89. The minimum Gasteiger partial charge on any atom is -0.352 e. The fourth-order valence-electron chi connectivity index (χ4n) is 3.92. The summed E-state index contributed by atoms with van der Waals surface area (Å²) >= 11 is 0. The number of aromatic nitrogens is 3. The quantitative estimate of drug-likeness (QED) is 0.546. The minimum absolute atomic E-state index is 0.0420. The highest BCUT2D eigenvalue weighted by Crippen LogP contribution is 2.20. The van der Waals surface area contributed by atoms with Crippen LogP contribution in [0.15, 0.2) is 59.8 Å². The second-order valence-electron chi connectivity index (χ2n) is 8.00. The highest BCUT2D eigenvalue weighted by atomic mass is 32.2. The van der Waals surface area contributed by atoms with Gasteiger partial charge in [0.25, 0.3) is 5.91 Å². The number of hydrogen-bond donors (Lipinski definition) is 2. The van der Waals surface area contributed by atoms with Gasteiger partial charge in [0, 0.05) is 18.8 Å². The molecule has 2 N–H and O–H groups in total. The molecule has 168 valence electrons. The lowest BCUT2D eigenvalue weighted by molar-refractivity contribution is 0.0953. The van der Waals surface area contributed by atoms with Crippen molar-refractivity contribution in [3.05, 3.63) is 71.7 Å². The number of nitrogens with one attached hydrogen (secondary N) is 2. The average Bonchev–Trinajstić information content (AvgIpc) is 3.44. The molecule has 0 spiro atoms. The highest BCUT2D eigenvalue weighted by Gasteiger charge is 2.22. The number of carbonyl (C=O) groups excluding carboxylic acids is 1. The molecule has 9 heteroatoms. The summed E-state index contributed by atoms with van der Waals surface area (Å²) in [5.74, 6) is 0.450. The number of carbonyl (C=O) groups is 1. The molecule has 1 aliphatic rings. The Labute approximate surface area is 188 Å². The Morgan fingerprint density at radius 2 is 1.88 bits per heavy atom. The first-order valence-electron chi connectivity index (χ1n) is 10.8. The first-order chi connectivity index (χ1) is 15.4. The van der Waals surface area contributed by atoms with Crippen LogP contribution in [0.25, 0.3) is 5.82 Å². The number of benzene rings is 1. The summed E-state index contributed by atoms with van der Waals surface area (Å²) in [4.78, 5) is 17.1. The van der Waals surface area contributed by atoms with Gasteiger partial charge in [-0.25, -0.2) is 22.8 Å². The van der Waals surface area contributed by atoms with Gasteiger partial charge in [-0.2, -0.15) is 5.10 Å². The fourth-order valence-corrected chi connectivity index (χ4v) is 5.23. The summed E-state index contributed by atoms with van der Waals surface area (Å²) in [5.41, 5.74) is 2.16. The Kier molecular flexibility index (Phi) is 6.66. The maximum atomic E-state index is 12.6. The Balaban J connectivity index is 1.32. The topological polar surface area (TPSA) is 106 Å². The van der Waals surface area contributed by atoms with E-state index in [1.54, 1.807) is 35.1 Å². The number of nitrogens with zero attached hydrogens (tertiary/aromatic N) is 3. The molecule has 2 aromatic heterocycles. The molecular formula is C23H27N5O3S. The van der Waals surface area contributed by atoms with Gasteiger partial charge < -0.3 is 5.32 Å². The van der Waals surface area contributed by atoms with E-state index in [2.05, 4.69) is 20.1 Å². The molecule has 0 unspecified atom stereocenters. The van der Waals surface area contributed by atoms with Crippen LogP contribution in [0.5, 0.6) is 0 Å². The van der Waals surface area contributed by atoms with Crippen LogP contribution in [-0.4, -0.2) is 41.7 Å². The van der Waals surface area contributed by atoms with E-state index in [0.29, 0.717) is 30.0 Å². The van der Waals surface area contributed by atoms with E-state index in [0.717, 1.165) is 31.2 Å². The predicted octanol–water partition coefficient (Wildman–Crippen LogP) is 2.77. The molecule has 0 atom stereocenters. The second-order valence-corrected chi connectivity index (χ2v) is 9.71. The summed E-state index contributed by atoms with van der Waals surface area (Å²) in [5, 5.41) is 7.18. The standard InChI is InChI=1S/C23H27N5O3S/c1-17-21(16-26-28(17)22-8-4-5-14-24-22)23(29)25-15-13-18-9-11-20(12-10-18)32(30,31)27-19-6-2-3-7-19/h4-5,8-12,14,16,19,27H,2-3,6-7,13,15H2,1H3,(H,25,29). The van der Waals surface area contributed by atoms with Crippen LogP contribution in [0.2, 0.25) is 0 Å². The number of amides is 1. The van der Waals surface area contributed by atoms with Crippen LogP contribution in [0.4, 0.5) is 0 Å². The third kappa shape index (κ3) is 5.05. The lowest BCUT2D eigenvalue weighted by Gasteiger charge is -2.13. The molecule has 32 heavy (non-hydrogen) atoms. The van der Waals surface area contributed by atoms with E-state index >= 15 is 0 Å². The smallest absolute Gasteiger partial charge is 0.254 e. The fraction of sp³-hybridized carbons (Fsp3) is 0.348. The number of sulfonamides is 1. The van der Waals surface area contributed by atoms with E-state index < -0.39 is 10.0 Å². The average molecular weight is 454 g/mol. The molecule has 1 aliphatic carbocycles. The van der Waals surface area contributed by atoms with Crippen molar-refractivity contribution < 1.29 is 13.2 Å². The third-order valence-electron chi connectivity index (χ3n) is 5.73. The van der Waals surface area contributed by atoms with Crippen molar-refractivity contribution in [1.82, 2.24) is 24.8 Å². The van der Waals surface area contributed by atoms with Crippen LogP contribution in [0, 0.1) is 6.92 Å². The first-order valence-corrected chi connectivity index (χ1v) is 12.3. The van der Waals surface area contributed by atoms with E-state index in [1.165, 1.54) is 6.20 Å². The van der Waals surface area contributed by atoms with Crippen LogP contribution in [-0.2, 0) is 16.4 Å². The molecule has 0 saturated heterocycles. The second kappa shape index (κ2) is 9.62. The van der Waals surface area contributed by atoms with Crippen LogP contribution >= 0.6 is 0 Å². The Morgan fingerprint density at radius 3 is 2.56 bits per heavy atom. The normalized spacial score (nSPS) is 14.5. The largest absolute Gasteiger partial charge is 0.352 e. The van der Waals surface area contributed by atoms with Crippen molar-refractivity contribution in [2.45, 2.75) is 50.0 Å². The maximum Gasteiger partial charge on any atom is 0.254 e. The molecule has 0 bridgehead atoms. The van der Waals surface area contributed by atoms with Crippen molar-refractivity contribution >= 4 is 15.9 Å². The van der Waals surface area contributed by atoms with Crippen molar-refractivity contribution in [2.24, 2.45) is 0 Å². The van der Waals surface area contributed by atoms with E-state index in [4.69, 9.17) is 0 Å². The van der Waals surface area contributed by atoms with Crippen molar-refractivity contribution in [2.75, 3.05) is 6.54 Å². The van der Waals surface area contributed by atoms with Gasteiger partial charge in [0.2, 0.25) is 10.0 Å². The molecule has 1 fully saturated rings. The Bertz CT molecular complexity index is 1170.